The van der Waals surface area contributed by atoms with Crippen molar-refractivity contribution in [2.24, 2.45) is 0 Å². The van der Waals surface area contributed by atoms with E-state index in [1.807, 2.05) is 69.3 Å². The molecule has 2 aromatic heterocycles. The predicted molar refractivity (Wildman–Crippen MR) is 147 cm³/mol. The van der Waals surface area contributed by atoms with Crippen molar-refractivity contribution in [2.45, 2.75) is 51.7 Å². The van der Waals surface area contributed by atoms with Crippen LogP contribution in [0.1, 0.15) is 31.4 Å². The van der Waals surface area contributed by atoms with Crippen LogP contribution in [0.15, 0.2) is 58.5 Å². The number of ether oxygens (including phenoxy) is 2. The molecule has 0 aliphatic carbocycles. The number of thiophene rings is 1. The molecule has 190 valence electrons. The number of carbonyl (C=O) groups is 1. The van der Waals surface area contributed by atoms with E-state index < -0.39 is 6.29 Å². The first kappa shape index (κ1) is 26.3. The number of nitrogens with one attached hydrogen (secondary N) is 1. The standard InChI is InChI=1S/C27H31N3O4S2/c1-4-33-23(34-5-2)14-15-30-26(32)25-24(20-8-6-7-9-21(20)36-25)29-27(30)35-17-22(31)28-16-19-12-10-18(3)11-13-19/h6-13,23H,4-5,14-17H2,1-3H3,(H,28,31). The molecule has 2 aromatic carbocycles. The molecular formula is C27H31N3O4S2. The molecule has 36 heavy (non-hydrogen) atoms. The minimum atomic E-state index is -0.402. The second kappa shape index (κ2) is 12.5. The van der Waals surface area contributed by atoms with E-state index in [1.165, 1.54) is 28.7 Å². The number of hydrogen-bond acceptors (Lipinski definition) is 7. The maximum atomic E-state index is 13.6. The lowest BCUT2D eigenvalue weighted by atomic mass is 10.1. The number of aryl methyl sites for hydroxylation is 1. The summed E-state index contributed by atoms with van der Waals surface area (Å²) in [5.74, 6) is 0.0461. The Morgan fingerprint density at radius 1 is 1.11 bits per heavy atom. The lowest BCUT2D eigenvalue weighted by Crippen LogP contribution is -2.28. The van der Waals surface area contributed by atoms with Crippen molar-refractivity contribution in [1.29, 1.82) is 0 Å². The Bertz CT molecular complexity index is 1380. The largest absolute Gasteiger partial charge is 0.353 e. The Kier molecular flexibility index (Phi) is 9.14. The van der Waals surface area contributed by atoms with Gasteiger partial charge in [-0.3, -0.25) is 14.2 Å². The van der Waals surface area contributed by atoms with Crippen molar-refractivity contribution < 1.29 is 14.3 Å². The van der Waals surface area contributed by atoms with Crippen molar-refractivity contribution in [3.63, 3.8) is 0 Å². The summed E-state index contributed by atoms with van der Waals surface area (Å²) < 4.78 is 14.6. The quantitative estimate of drug-likeness (QED) is 0.157. The monoisotopic (exact) mass is 525 g/mol. The third kappa shape index (κ3) is 6.34. The Labute approximate surface area is 218 Å². The summed E-state index contributed by atoms with van der Waals surface area (Å²) in [6.45, 7) is 7.75. The zero-order valence-electron chi connectivity index (χ0n) is 20.8. The highest BCUT2D eigenvalue weighted by Gasteiger charge is 2.19. The van der Waals surface area contributed by atoms with Gasteiger partial charge >= 0.3 is 0 Å². The van der Waals surface area contributed by atoms with Gasteiger partial charge in [-0.2, -0.15) is 0 Å². The van der Waals surface area contributed by atoms with Crippen LogP contribution in [0.25, 0.3) is 20.3 Å². The fraction of sp³-hybridized carbons (Fsp3) is 0.370. The summed E-state index contributed by atoms with van der Waals surface area (Å²) in [5, 5.41) is 4.43. The summed E-state index contributed by atoms with van der Waals surface area (Å²) in [6, 6.07) is 15.9. The zero-order valence-corrected chi connectivity index (χ0v) is 22.4. The van der Waals surface area contributed by atoms with Gasteiger partial charge < -0.3 is 14.8 Å². The van der Waals surface area contributed by atoms with Gasteiger partial charge in [-0.15, -0.1) is 11.3 Å². The molecule has 1 N–H and O–H groups in total. The highest BCUT2D eigenvalue weighted by atomic mass is 32.2. The fourth-order valence-electron chi connectivity index (χ4n) is 3.87. The molecule has 4 rings (SSSR count). The van der Waals surface area contributed by atoms with Gasteiger partial charge in [-0.25, -0.2) is 4.98 Å². The van der Waals surface area contributed by atoms with Crippen LogP contribution in [0.2, 0.25) is 0 Å². The number of aromatic nitrogens is 2. The molecule has 0 unspecified atom stereocenters. The minimum absolute atomic E-state index is 0.101. The number of nitrogens with zero attached hydrogens (tertiary/aromatic N) is 2. The maximum Gasteiger partial charge on any atom is 0.272 e. The topological polar surface area (TPSA) is 82.5 Å². The van der Waals surface area contributed by atoms with Crippen LogP contribution in [-0.4, -0.2) is 40.7 Å². The highest BCUT2D eigenvalue weighted by molar-refractivity contribution is 7.99. The van der Waals surface area contributed by atoms with Crippen molar-refractivity contribution in [1.82, 2.24) is 14.9 Å². The van der Waals surface area contributed by atoms with E-state index in [1.54, 1.807) is 4.57 Å². The lowest BCUT2D eigenvalue weighted by molar-refractivity contribution is -0.141. The van der Waals surface area contributed by atoms with Crippen LogP contribution >= 0.6 is 23.1 Å². The molecule has 1 amide bonds. The van der Waals surface area contributed by atoms with Gasteiger partial charge in [0, 0.05) is 42.8 Å². The lowest BCUT2D eigenvalue weighted by Gasteiger charge is -2.18. The van der Waals surface area contributed by atoms with Gasteiger partial charge in [0.25, 0.3) is 5.56 Å². The van der Waals surface area contributed by atoms with E-state index in [2.05, 4.69) is 5.32 Å². The van der Waals surface area contributed by atoms with Gasteiger partial charge in [0.1, 0.15) is 4.70 Å². The van der Waals surface area contributed by atoms with Gasteiger partial charge in [-0.1, -0.05) is 59.8 Å². The molecule has 0 atom stereocenters. The number of carbonyl (C=O) groups excluding carboxylic acids is 1. The molecule has 7 nitrogen and oxygen atoms in total. The van der Waals surface area contributed by atoms with E-state index in [0.717, 1.165) is 15.6 Å². The number of fused-ring (bicyclic) bond motifs is 3. The van der Waals surface area contributed by atoms with Crippen LogP contribution in [-0.2, 0) is 27.4 Å². The molecule has 0 spiro atoms. The van der Waals surface area contributed by atoms with Crippen molar-refractivity contribution in [3.8, 4) is 0 Å². The van der Waals surface area contributed by atoms with Crippen molar-refractivity contribution in [3.05, 3.63) is 70.0 Å². The van der Waals surface area contributed by atoms with E-state index in [4.69, 9.17) is 14.5 Å². The molecular weight excluding hydrogens is 494 g/mol. The summed E-state index contributed by atoms with van der Waals surface area (Å²) >= 11 is 2.73. The van der Waals surface area contributed by atoms with Crippen molar-refractivity contribution in [2.75, 3.05) is 19.0 Å². The second-order valence-electron chi connectivity index (χ2n) is 8.31. The first-order valence-electron chi connectivity index (χ1n) is 12.1. The van der Waals surface area contributed by atoms with E-state index >= 15 is 0 Å². The molecule has 0 radical (unpaired) electrons. The van der Waals surface area contributed by atoms with Crippen LogP contribution in [0.5, 0.6) is 0 Å². The minimum Gasteiger partial charge on any atom is -0.353 e. The summed E-state index contributed by atoms with van der Waals surface area (Å²) in [7, 11) is 0. The predicted octanol–water partition coefficient (Wildman–Crippen LogP) is 5.12. The SMILES string of the molecule is CCOC(CCn1c(SCC(=O)NCc2ccc(C)cc2)nc2c(sc3ccccc32)c1=O)OCC. The number of hydrogen-bond donors (Lipinski definition) is 1. The molecule has 9 heteroatoms. The van der Waals surface area contributed by atoms with Crippen molar-refractivity contribution >= 4 is 49.3 Å². The average molecular weight is 526 g/mol. The fourth-order valence-corrected chi connectivity index (χ4v) is 5.81. The molecule has 0 saturated carbocycles. The Morgan fingerprint density at radius 2 is 1.83 bits per heavy atom. The van der Waals surface area contributed by atoms with Crippen LogP contribution in [0.4, 0.5) is 0 Å². The molecule has 2 heterocycles. The number of amides is 1. The number of rotatable bonds is 12. The normalized spacial score (nSPS) is 11.6. The second-order valence-corrected chi connectivity index (χ2v) is 10.3. The molecule has 0 fully saturated rings. The summed E-state index contributed by atoms with van der Waals surface area (Å²) in [6.07, 6.45) is 0.105. The van der Waals surface area contributed by atoms with Gasteiger partial charge in [0.05, 0.1) is 11.3 Å². The molecule has 0 bridgehead atoms. The molecule has 4 aromatic rings. The Balaban J connectivity index is 1.57. The first-order valence-corrected chi connectivity index (χ1v) is 13.9. The third-order valence-electron chi connectivity index (χ3n) is 5.68. The maximum absolute atomic E-state index is 13.6. The number of benzene rings is 2. The zero-order chi connectivity index (χ0) is 25.5. The van der Waals surface area contributed by atoms with Crippen LogP contribution in [0.3, 0.4) is 0 Å². The van der Waals surface area contributed by atoms with E-state index in [9.17, 15) is 9.59 Å². The molecule has 0 saturated heterocycles. The third-order valence-corrected chi connectivity index (χ3v) is 7.81. The Morgan fingerprint density at radius 3 is 2.56 bits per heavy atom. The van der Waals surface area contributed by atoms with Crippen LogP contribution in [0, 0.1) is 6.92 Å². The first-order chi connectivity index (χ1) is 17.5. The average Bonchev–Trinajstić information content (AvgIpc) is 3.26. The van der Waals surface area contributed by atoms with Gasteiger partial charge in [-0.05, 0) is 32.4 Å². The molecule has 0 aliphatic rings. The van der Waals surface area contributed by atoms with E-state index in [-0.39, 0.29) is 17.2 Å². The smallest absolute Gasteiger partial charge is 0.272 e. The van der Waals surface area contributed by atoms with Gasteiger partial charge in [0.15, 0.2) is 11.4 Å². The van der Waals surface area contributed by atoms with Gasteiger partial charge in [0.2, 0.25) is 5.91 Å². The van der Waals surface area contributed by atoms with E-state index in [0.29, 0.717) is 48.1 Å². The molecule has 0 aliphatic heterocycles. The van der Waals surface area contributed by atoms with Crippen LogP contribution < -0.4 is 10.9 Å². The Hall–Kier alpha value is -2.72. The summed E-state index contributed by atoms with van der Waals surface area (Å²) in [4.78, 5) is 31.1. The summed E-state index contributed by atoms with van der Waals surface area (Å²) in [5.41, 5.74) is 2.80. The number of thioether (sulfide) groups is 1. The highest BCUT2D eigenvalue weighted by Crippen LogP contribution is 2.31.